The monoisotopic (exact) mass is 504 g/mol. The number of hydrogen-bond acceptors (Lipinski definition) is 2. The lowest BCUT2D eigenvalue weighted by atomic mass is 10.3. The summed E-state index contributed by atoms with van der Waals surface area (Å²) < 4.78 is 1.23. The highest BCUT2D eigenvalue weighted by Gasteiger charge is 2.44. The average Bonchev–Trinajstić information content (AvgIpc) is 2.73. The van der Waals surface area contributed by atoms with E-state index in [0.29, 0.717) is 0 Å². The highest BCUT2D eigenvalue weighted by molar-refractivity contribution is 14.1. The summed E-state index contributed by atoms with van der Waals surface area (Å²) in [6, 6.07) is 33.5. The number of halogens is 1. The van der Waals surface area contributed by atoms with Gasteiger partial charge in [-0.2, -0.15) is 0 Å². The van der Waals surface area contributed by atoms with Crippen LogP contribution >= 0.6 is 29.9 Å². The van der Waals surface area contributed by atoms with E-state index in [1.807, 2.05) is 0 Å². The van der Waals surface area contributed by atoms with Gasteiger partial charge in [-0.25, -0.2) is 0 Å². The van der Waals surface area contributed by atoms with Gasteiger partial charge in [0.1, 0.15) is 23.2 Å². The van der Waals surface area contributed by atoms with Gasteiger partial charge in [0.25, 0.3) is 0 Å². The maximum Gasteiger partial charge on any atom is 0.112 e. The number of carboxylic acid groups (broad SMARTS) is 1. The van der Waals surface area contributed by atoms with E-state index in [1.54, 1.807) is 0 Å². The van der Waals surface area contributed by atoms with E-state index in [-0.39, 0.29) is 0 Å². The number of alkyl halides is 1. The molecule has 0 N–H and O–H groups in total. The first kappa shape index (κ1) is 22.6. The van der Waals surface area contributed by atoms with Crippen molar-refractivity contribution in [1.29, 1.82) is 0 Å². The van der Waals surface area contributed by atoms with Crippen LogP contribution < -0.4 is 21.0 Å². The van der Waals surface area contributed by atoms with Crippen LogP contribution in [0.3, 0.4) is 0 Å². The van der Waals surface area contributed by atoms with Gasteiger partial charge in [0.2, 0.25) is 0 Å². The molecule has 28 heavy (non-hydrogen) atoms. The van der Waals surface area contributed by atoms with Crippen molar-refractivity contribution in [3.63, 3.8) is 0 Å². The number of unbranched alkanes of at least 4 members (excludes halogenated alkanes) is 1. The number of rotatable bonds is 7. The molecule has 3 aromatic carbocycles. The van der Waals surface area contributed by atoms with Crippen molar-refractivity contribution in [3.05, 3.63) is 91.0 Å². The first-order valence-corrected chi connectivity index (χ1v) is 12.9. The Hall–Kier alpha value is -1.71. The molecule has 0 spiro atoms. The molecule has 3 rings (SSSR count). The lowest BCUT2D eigenvalue weighted by Gasteiger charge is -2.27. The molecule has 0 heterocycles. The van der Waals surface area contributed by atoms with Gasteiger partial charge in [-0.1, -0.05) is 77.2 Å². The van der Waals surface area contributed by atoms with Gasteiger partial charge in [-0.05, 0) is 60.6 Å². The second kappa shape index (κ2) is 12.0. The highest BCUT2D eigenvalue weighted by atomic mass is 127. The number of hydrogen-bond donors (Lipinski definition) is 0. The van der Waals surface area contributed by atoms with Crippen LogP contribution in [0.25, 0.3) is 0 Å². The van der Waals surface area contributed by atoms with E-state index in [2.05, 4.69) is 114 Å². The molecule has 0 amide bonds. The lowest BCUT2D eigenvalue weighted by molar-refractivity contribution is -0.302. The van der Waals surface area contributed by atoms with Crippen LogP contribution in [0.5, 0.6) is 0 Å². The minimum atomic E-state index is -1.59. The molecule has 0 saturated carbocycles. The minimum absolute atomic E-state index is 0.972. The summed E-state index contributed by atoms with van der Waals surface area (Å²) in [5.74, 6) is -1.08. The Balaban J connectivity index is 0.000000640. The van der Waals surface area contributed by atoms with Crippen molar-refractivity contribution in [2.45, 2.75) is 19.8 Å². The van der Waals surface area contributed by atoms with E-state index in [4.69, 9.17) is 9.90 Å². The maximum absolute atomic E-state index is 8.89. The fourth-order valence-corrected chi connectivity index (χ4v) is 8.28. The molecule has 0 aliphatic heterocycles. The van der Waals surface area contributed by atoms with Crippen molar-refractivity contribution in [1.82, 2.24) is 0 Å². The Morgan fingerprint density at radius 1 is 0.750 bits per heavy atom. The zero-order valence-corrected chi connectivity index (χ0v) is 19.2. The Morgan fingerprint density at radius 3 is 1.36 bits per heavy atom. The van der Waals surface area contributed by atoms with Gasteiger partial charge in [-0.15, -0.1) is 0 Å². The Labute approximate surface area is 182 Å². The third kappa shape index (κ3) is 6.15. The Morgan fingerprint density at radius 2 is 1.07 bits per heavy atom. The molecule has 0 aliphatic rings. The maximum atomic E-state index is 8.89. The van der Waals surface area contributed by atoms with Gasteiger partial charge >= 0.3 is 0 Å². The third-order valence-corrected chi connectivity index (χ3v) is 9.76. The molecule has 0 unspecified atom stereocenters. The van der Waals surface area contributed by atoms with Crippen LogP contribution in [0.1, 0.15) is 19.8 Å². The highest BCUT2D eigenvalue weighted by Crippen LogP contribution is 2.55. The standard InChI is InChI=1S/C22H23IP.C2H4O2/c23-18-10-11-19-24(20-12-4-1-5-13-20,21-14-6-2-7-15-21)22-16-8-3-9-17-22;1-2(3)4/h1-9,12-17H,10-11,18-19H2;1H3,(H,3,4)/q+1;/p-1. The van der Waals surface area contributed by atoms with Gasteiger partial charge in [0, 0.05) is 5.97 Å². The molecule has 0 fully saturated rings. The van der Waals surface area contributed by atoms with E-state index < -0.39 is 13.2 Å². The van der Waals surface area contributed by atoms with Crippen molar-refractivity contribution >= 4 is 51.7 Å². The summed E-state index contributed by atoms with van der Waals surface area (Å²) in [5.41, 5.74) is 0. The summed E-state index contributed by atoms with van der Waals surface area (Å²) in [5, 5.41) is 13.4. The van der Waals surface area contributed by atoms with Crippen molar-refractivity contribution in [2.24, 2.45) is 0 Å². The lowest BCUT2D eigenvalue weighted by Crippen LogP contribution is -2.33. The predicted octanol–water partition coefficient (Wildman–Crippen LogP) is 3.95. The number of carboxylic acids is 1. The molecule has 0 aromatic heterocycles. The van der Waals surface area contributed by atoms with Crippen LogP contribution in [0.4, 0.5) is 0 Å². The summed E-state index contributed by atoms with van der Waals surface area (Å²) in [6.45, 7) is 0.972. The quantitative estimate of drug-likeness (QED) is 0.212. The van der Waals surface area contributed by atoms with Gasteiger partial charge < -0.3 is 9.90 Å². The van der Waals surface area contributed by atoms with E-state index in [0.717, 1.165) is 6.92 Å². The molecule has 0 bridgehead atoms. The Bertz CT molecular complexity index is 722. The smallest absolute Gasteiger partial charge is 0.112 e. The van der Waals surface area contributed by atoms with Crippen LogP contribution in [0.15, 0.2) is 91.0 Å². The Kier molecular flexibility index (Phi) is 9.66. The molecule has 4 heteroatoms. The van der Waals surface area contributed by atoms with Crippen molar-refractivity contribution in [2.75, 3.05) is 10.6 Å². The first-order valence-electron chi connectivity index (χ1n) is 9.39. The predicted molar refractivity (Wildman–Crippen MR) is 129 cm³/mol. The third-order valence-electron chi connectivity index (χ3n) is 4.47. The summed E-state index contributed by atoms with van der Waals surface area (Å²) >= 11 is 2.50. The summed E-state index contributed by atoms with van der Waals surface area (Å²) in [6.07, 6.45) is 3.80. The molecule has 3 aromatic rings. The first-order chi connectivity index (χ1) is 13.6. The fourth-order valence-electron chi connectivity index (χ4n) is 3.33. The number of carbonyl (C=O) groups is 1. The second-order valence-electron chi connectivity index (χ2n) is 6.43. The van der Waals surface area contributed by atoms with Crippen LogP contribution in [-0.2, 0) is 4.79 Å². The average molecular weight is 504 g/mol. The summed E-state index contributed by atoms with van der Waals surface area (Å²) in [7, 11) is -1.59. The molecule has 0 aliphatic carbocycles. The molecule has 0 radical (unpaired) electrons. The van der Waals surface area contributed by atoms with Gasteiger partial charge in [-0.3, -0.25) is 0 Å². The number of benzene rings is 3. The second-order valence-corrected chi connectivity index (χ2v) is 11.1. The molecule has 2 nitrogen and oxygen atoms in total. The van der Waals surface area contributed by atoms with E-state index in [9.17, 15) is 0 Å². The van der Waals surface area contributed by atoms with Crippen LogP contribution in [0, 0.1) is 0 Å². The zero-order chi connectivity index (χ0) is 20.2. The largest absolute Gasteiger partial charge is 0.550 e. The number of carbonyl (C=O) groups excluding carboxylic acids is 1. The molecular weight excluding hydrogens is 478 g/mol. The van der Waals surface area contributed by atoms with E-state index in [1.165, 1.54) is 39.3 Å². The number of aliphatic carboxylic acids is 1. The van der Waals surface area contributed by atoms with E-state index >= 15 is 0 Å². The van der Waals surface area contributed by atoms with Crippen molar-refractivity contribution in [3.8, 4) is 0 Å². The summed E-state index contributed by atoms with van der Waals surface area (Å²) in [4.78, 5) is 8.89. The normalized spacial score (nSPS) is 10.6. The van der Waals surface area contributed by atoms with Crippen LogP contribution in [0.2, 0.25) is 0 Å². The topological polar surface area (TPSA) is 40.1 Å². The fraction of sp³-hybridized carbons (Fsp3) is 0.208. The van der Waals surface area contributed by atoms with Gasteiger partial charge in [0.15, 0.2) is 0 Å². The van der Waals surface area contributed by atoms with Gasteiger partial charge in [0.05, 0.1) is 6.16 Å². The SMILES string of the molecule is CC(=O)[O-].ICCCC[P+](c1ccccc1)(c1ccccc1)c1ccccc1. The molecular formula is C24H26IO2P. The molecule has 0 saturated heterocycles. The van der Waals surface area contributed by atoms with Crippen molar-refractivity contribution < 1.29 is 9.90 Å². The van der Waals surface area contributed by atoms with Crippen LogP contribution in [-0.4, -0.2) is 16.6 Å². The molecule has 0 atom stereocenters. The minimum Gasteiger partial charge on any atom is -0.550 e. The zero-order valence-electron chi connectivity index (χ0n) is 16.1. The molecule has 146 valence electrons.